The minimum atomic E-state index is -1.10. The van der Waals surface area contributed by atoms with E-state index in [2.05, 4.69) is 14.9 Å². The van der Waals surface area contributed by atoms with Crippen LogP contribution in [0.4, 0.5) is 10.1 Å². The molecule has 0 fully saturated rings. The molecule has 31 heavy (non-hydrogen) atoms. The Bertz CT molecular complexity index is 1050. The van der Waals surface area contributed by atoms with Crippen LogP contribution < -0.4 is 10.2 Å². The molecule has 1 N–H and O–H groups in total. The average Bonchev–Trinajstić information content (AvgIpc) is 3.26. The molecule has 0 spiro atoms. The summed E-state index contributed by atoms with van der Waals surface area (Å²) in [6.45, 7) is 7.58. The number of carbonyl (C=O) groups excluding carboxylic acids is 2. The predicted molar refractivity (Wildman–Crippen MR) is 120 cm³/mol. The quantitative estimate of drug-likeness (QED) is 0.611. The Kier molecular flexibility index (Phi) is 6.80. The van der Waals surface area contributed by atoms with E-state index in [1.54, 1.807) is 18.2 Å². The topological polar surface area (TPSA) is 75.2 Å². The normalized spacial score (nSPS) is 12.3. The molecular weight excluding hydrogens is 415 g/mol. The standard InChI is InChI=1S/C23H25FN4O2S/c1-5-15-10-12-16(13-11-15)20(21(29)25-23(2,3)4)28(19-9-7-6-8-17(19)24)22(30)18-14-31-27-26-18/h6-14,20H,5H2,1-4H3,(H,25,29). The van der Waals surface area contributed by atoms with Gasteiger partial charge in [0.15, 0.2) is 5.69 Å². The van der Waals surface area contributed by atoms with E-state index in [0.29, 0.717) is 5.56 Å². The van der Waals surface area contributed by atoms with Crippen molar-refractivity contribution < 1.29 is 14.0 Å². The van der Waals surface area contributed by atoms with Gasteiger partial charge in [-0.05, 0) is 62.0 Å². The fourth-order valence-electron chi connectivity index (χ4n) is 3.19. The number of aryl methyl sites for hydroxylation is 1. The maximum atomic E-state index is 14.9. The minimum Gasteiger partial charge on any atom is -0.349 e. The summed E-state index contributed by atoms with van der Waals surface area (Å²) in [4.78, 5) is 28.1. The molecule has 0 bridgehead atoms. The van der Waals surface area contributed by atoms with Crippen molar-refractivity contribution in [1.82, 2.24) is 14.9 Å². The zero-order valence-corrected chi connectivity index (χ0v) is 18.7. The zero-order valence-electron chi connectivity index (χ0n) is 17.9. The van der Waals surface area contributed by atoms with Crippen LogP contribution >= 0.6 is 11.5 Å². The van der Waals surface area contributed by atoms with Crippen LogP contribution in [-0.2, 0) is 11.2 Å². The van der Waals surface area contributed by atoms with Gasteiger partial charge < -0.3 is 5.32 Å². The number of anilines is 1. The Hall–Kier alpha value is -3.13. The number of nitrogens with one attached hydrogen (secondary N) is 1. The lowest BCUT2D eigenvalue weighted by molar-refractivity contribution is -0.123. The highest BCUT2D eigenvalue weighted by atomic mass is 32.1. The summed E-state index contributed by atoms with van der Waals surface area (Å²) in [5, 5.41) is 8.26. The Balaban J connectivity index is 2.19. The summed E-state index contributed by atoms with van der Waals surface area (Å²) in [6, 6.07) is 12.2. The van der Waals surface area contributed by atoms with Gasteiger partial charge in [-0.25, -0.2) is 4.39 Å². The molecule has 3 rings (SSSR count). The molecule has 0 aliphatic heterocycles. The van der Waals surface area contributed by atoms with E-state index in [1.807, 2.05) is 39.8 Å². The lowest BCUT2D eigenvalue weighted by Gasteiger charge is -2.33. The smallest absolute Gasteiger partial charge is 0.280 e. The van der Waals surface area contributed by atoms with E-state index in [9.17, 15) is 14.0 Å². The van der Waals surface area contributed by atoms with Gasteiger partial charge >= 0.3 is 0 Å². The molecule has 2 aromatic carbocycles. The first kappa shape index (κ1) is 22.6. The summed E-state index contributed by atoms with van der Waals surface area (Å²) in [6.07, 6.45) is 0.833. The number of carbonyl (C=O) groups is 2. The molecular formula is C23H25FN4O2S. The number of hydrogen-bond acceptors (Lipinski definition) is 5. The van der Waals surface area contributed by atoms with Crippen molar-refractivity contribution >= 4 is 29.0 Å². The molecule has 0 saturated heterocycles. The SMILES string of the molecule is CCc1ccc(C(C(=O)NC(C)(C)C)N(C(=O)c2csnn2)c2ccccc2F)cc1. The summed E-state index contributed by atoms with van der Waals surface area (Å²) in [7, 11) is 0. The molecule has 162 valence electrons. The second-order valence-electron chi connectivity index (χ2n) is 8.15. The Labute approximate surface area is 185 Å². The van der Waals surface area contributed by atoms with Gasteiger partial charge in [0.05, 0.1) is 5.69 Å². The first-order valence-corrected chi connectivity index (χ1v) is 10.8. The van der Waals surface area contributed by atoms with Crippen molar-refractivity contribution in [2.24, 2.45) is 0 Å². The fourth-order valence-corrected chi connectivity index (χ4v) is 3.62. The van der Waals surface area contributed by atoms with Gasteiger partial charge in [0, 0.05) is 10.9 Å². The Morgan fingerprint density at radius 1 is 1.13 bits per heavy atom. The van der Waals surface area contributed by atoms with Crippen LogP contribution in [0.25, 0.3) is 0 Å². The number of benzene rings is 2. The van der Waals surface area contributed by atoms with Gasteiger partial charge in [-0.15, -0.1) is 5.10 Å². The molecule has 0 saturated carbocycles. The first-order valence-electron chi connectivity index (χ1n) is 9.97. The zero-order chi connectivity index (χ0) is 22.6. The van der Waals surface area contributed by atoms with E-state index < -0.39 is 29.2 Å². The predicted octanol–water partition coefficient (Wildman–Crippen LogP) is 4.54. The van der Waals surface area contributed by atoms with Crippen LogP contribution in [0.3, 0.4) is 0 Å². The van der Waals surface area contributed by atoms with Gasteiger partial charge in [0.2, 0.25) is 5.91 Å². The average molecular weight is 441 g/mol. The van der Waals surface area contributed by atoms with E-state index in [-0.39, 0.29) is 11.4 Å². The van der Waals surface area contributed by atoms with Gasteiger partial charge in [0.1, 0.15) is 11.9 Å². The maximum Gasteiger partial charge on any atom is 0.280 e. The number of nitrogens with zero attached hydrogens (tertiary/aromatic N) is 3. The van der Waals surface area contributed by atoms with Gasteiger partial charge in [-0.3, -0.25) is 14.5 Å². The molecule has 0 aliphatic carbocycles. The molecule has 0 aliphatic rings. The number of hydrogen-bond donors (Lipinski definition) is 1. The highest BCUT2D eigenvalue weighted by molar-refractivity contribution is 7.03. The first-order chi connectivity index (χ1) is 14.7. The third kappa shape index (κ3) is 5.32. The molecule has 1 heterocycles. The molecule has 2 amide bonds. The summed E-state index contributed by atoms with van der Waals surface area (Å²) in [5.74, 6) is -1.64. The van der Waals surface area contributed by atoms with E-state index in [1.165, 1.54) is 23.6 Å². The van der Waals surface area contributed by atoms with Crippen LogP contribution in [0, 0.1) is 5.82 Å². The van der Waals surface area contributed by atoms with Crippen molar-refractivity contribution in [3.63, 3.8) is 0 Å². The number of halogens is 1. The van der Waals surface area contributed by atoms with E-state index in [0.717, 1.165) is 28.4 Å². The number of rotatable bonds is 6. The highest BCUT2D eigenvalue weighted by Gasteiger charge is 2.36. The van der Waals surface area contributed by atoms with Crippen molar-refractivity contribution in [3.8, 4) is 0 Å². The van der Waals surface area contributed by atoms with Gasteiger partial charge in [-0.1, -0.05) is 47.8 Å². The number of amides is 2. The monoisotopic (exact) mass is 440 g/mol. The van der Waals surface area contributed by atoms with E-state index >= 15 is 0 Å². The highest BCUT2D eigenvalue weighted by Crippen LogP contribution is 2.32. The van der Waals surface area contributed by atoms with Crippen LogP contribution in [0.15, 0.2) is 53.9 Å². The summed E-state index contributed by atoms with van der Waals surface area (Å²) >= 11 is 1.01. The molecule has 3 aromatic rings. The van der Waals surface area contributed by atoms with Crippen molar-refractivity contribution in [1.29, 1.82) is 0 Å². The van der Waals surface area contributed by atoms with Crippen LogP contribution in [0.1, 0.15) is 55.4 Å². The van der Waals surface area contributed by atoms with Gasteiger partial charge in [-0.2, -0.15) is 0 Å². The fraction of sp³-hybridized carbons (Fsp3) is 0.304. The molecule has 8 heteroatoms. The largest absolute Gasteiger partial charge is 0.349 e. The van der Waals surface area contributed by atoms with Crippen molar-refractivity contribution in [2.45, 2.75) is 45.7 Å². The third-order valence-electron chi connectivity index (χ3n) is 4.62. The third-order valence-corrected chi connectivity index (χ3v) is 5.12. The van der Waals surface area contributed by atoms with Crippen LogP contribution in [-0.4, -0.2) is 26.9 Å². The second-order valence-corrected chi connectivity index (χ2v) is 8.76. The molecule has 1 atom stereocenters. The van der Waals surface area contributed by atoms with Crippen molar-refractivity contribution in [2.75, 3.05) is 4.90 Å². The summed E-state index contributed by atoms with van der Waals surface area (Å²) in [5.41, 5.74) is 1.15. The lowest BCUT2D eigenvalue weighted by Crippen LogP contribution is -2.49. The number of para-hydroxylation sites is 1. The van der Waals surface area contributed by atoms with Gasteiger partial charge in [0.25, 0.3) is 5.91 Å². The van der Waals surface area contributed by atoms with Crippen LogP contribution in [0.5, 0.6) is 0 Å². The summed E-state index contributed by atoms with van der Waals surface area (Å²) < 4.78 is 18.6. The minimum absolute atomic E-state index is 0.00544. The number of aromatic nitrogens is 2. The molecule has 0 radical (unpaired) electrons. The maximum absolute atomic E-state index is 14.9. The van der Waals surface area contributed by atoms with Crippen molar-refractivity contribution in [3.05, 3.63) is 76.5 Å². The molecule has 1 unspecified atom stereocenters. The molecule has 6 nitrogen and oxygen atoms in total. The second kappa shape index (κ2) is 9.34. The van der Waals surface area contributed by atoms with E-state index in [4.69, 9.17) is 0 Å². The van der Waals surface area contributed by atoms with Crippen LogP contribution in [0.2, 0.25) is 0 Å². The lowest BCUT2D eigenvalue weighted by atomic mass is 9.99. The Morgan fingerprint density at radius 2 is 1.81 bits per heavy atom. The Morgan fingerprint density at radius 3 is 2.35 bits per heavy atom. The molecule has 1 aromatic heterocycles.